The van der Waals surface area contributed by atoms with E-state index in [1.165, 1.54) is 0 Å². The number of hydrogen-bond acceptors (Lipinski definition) is 3. The number of nitrogens with zero attached hydrogens (tertiary/aromatic N) is 1. The van der Waals surface area contributed by atoms with Crippen molar-refractivity contribution in [2.24, 2.45) is 0 Å². The summed E-state index contributed by atoms with van der Waals surface area (Å²) in [6.45, 7) is 3.93. The first-order chi connectivity index (χ1) is 11.2. The highest BCUT2D eigenvalue weighted by Crippen LogP contribution is 2.23. The van der Waals surface area contributed by atoms with Crippen molar-refractivity contribution >= 4 is 17.4 Å². The zero-order valence-electron chi connectivity index (χ0n) is 13.0. The molecule has 1 saturated heterocycles. The molecule has 0 radical (unpaired) electrons. The highest BCUT2D eigenvalue weighted by atomic mass is 35.5. The zero-order valence-corrected chi connectivity index (χ0v) is 13.7. The smallest absolute Gasteiger partial charge is 0.171 e. The molecule has 0 aliphatic carbocycles. The van der Waals surface area contributed by atoms with Gasteiger partial charge in [-0.25, -0.2) is 0 Å². The molecule has 1 fully saturated rings. The summed E-state index contributed by atoms with van der Waals surface area (Å²) in [5, 5.41) is 0.644. The Morgan fingerprint density at radius 3 is 2.35 bits per heavy atom. The summed E-state index contributed by atoms with van der Waals surface area (Å²) in [5.74, 6) is -0.0326. The second-order valence-corrected chi connectivity index (χ2v) is 6.18. The quantitative estimate of drug-likeness (QED) is 0.784. The van der Waals surface area contributed by atoms with Gasteiger partial charge in [-0.15, -0.1) is 0 Å². The van der Waals surface area contributed by atoms with Crippen molar-refractivity contribution < 1.29 is 9.53 Å². The van der Waals surface area contributed by atoms with E-state index in [0.29, 0.717) is 10.6 Å². The van der Waals surface area contributed by atoms with Crippen molar-refractivity contribution in [3.63, 3.8) is 0 Å². The SMILES string of the molecule is O=C(c1ccc(Cl)cc1)[C@H](CN1CCOCC1)c1ccccc1. The number of benzene rings is 2. The Morgan fingerprint density at radius 2 is 1.70 bits per heavy atom. The second-order valence-electron chi connectivity index (χ2n) is 5.75. The lowest BCUT2D eigenvalue weighted by atomic mass is 9.90. The normalized spacial score (nSPS) is 16.9. The average Bonchev–Trinajstić information content (AvgIpc) is 2.61. The van der Waals surface area contributed by atoms with E-state index in [4.69, 9.17) is 16.3 Å². The first-order valence-corrected chi connectivity index (χ1v) is 8.26. The molecule has 0 bridgehead atoms. The maximum atomic E-state index is 13.0. The molecule has 0 amide bonds. The van der Waals surface area contributed by atoms with Crippen LogP contribution in [0.25, 0.3) is 0 Å². The van der Waals surface area contributed by atoms with E-state index in [2.05, 4.69) is 4.90 Å². The molecule has 3 nitrogen and oxygen atoms in total. The minimum atomic E-state index is -0.171. The first-order valence-electron chi connectivity index (χ1n) is 7.89. The first kappa shape index (κ1) is 16.2. The summed E-state index contributed by atoms with van der Waals surface area (Å²) in [6.07, 6.45) is 0. The Kier molecular flexibility index (Phi) is 5.44. The van der Waals surface area contributed by atoms with Crippen molar-refractivity contribution in [2.45, 2.75) is 5.92 Å². The molecule has 1 heterocycles. The molecule has 1 atom stereocenters. The van der Waals surface area contributed by atoms with E-state index in [9.17, 15) is 4.79 Å². The van der Waals surface area contributed by atoms with Gasteiger partial charge in [0.05, 0.1) is 19.1 Å². The van der Waals surface area contributed by atoms with Crippen LogP contribution in [0.1, 0.15) is 21.8 Å². The molecule has 2 aromatic rings. The number of ether oxygens (including phenoxy) is 1. The predicted molar refractivity (Wildman–Crippen MR) is 92.2 cm³/mol. The van der Waals surface area contributed by atoms with E-state index >= 15 is 0 Å². The molecule has 1 aliphatic heterocycles. The monoisotopic (exact) mass is 329 g/mol. The molecule has 4 heteroatoms. The molecule has 120 valence electrons. The Hall–Kier alpha value is -1.68. The van der Waals surface area contributed by atoms with Gasteiger partial charge in [-0.1, -0.05) is 41.9 Å². The van der Waals surface area contributed by atoms with Crippen molar-refractivity contribution in [1.29, 1.82) is 0 Å². The lowest BCUT2D eigenvalue weighted by Gasteiger charge is -2.30. The van der Waals surface area contributed by atoms with E-state index in [-0.39, 0.29) is 11.7 Å². The fourth-order valence-electron chi connectivity index (χ4n) is 2.88. The molecule has 0 aromatic heterocycles. The maximum Gasteiger partial charge on any atom is 0.171 e. The summed E-state index contributed by atoms with van der Waals surface area (Å²) < 4.78 is 5.40. The fourth-order valence-corrected chi connectivity index (χ4v) is 3.01. The van der Waals surface area contributed by atoms with Crippen molar-refractivity contribution in [3.8, 4) is 0 Å². The molecule has 0 spiro atoms. The van der Waals surface area contributed by atoms with Crippen LogP contribution in [0.15, 0.2) is 54.6 Å². The van der Waals surface area contributed by atoms with Crippen LogP contribution in [0.3, 0.4) is 0 Å². The van der Waals surface area contributed by atoms with Gasteiger partial charge in [0.2, 0.25) is 0 Å². The zero-order chi connectivity index (χ0) is 16.1. The third-order valence-electron chi connectivity index (χ3n) is 4.19. The molecule has 2 aromatic carbocycles. The van der Waals surface area contributed by atoms with Crippen LogP contribution in [0.4, 0.5) is 0 Å². The van der Waals surface area contributed by atoms with Crippen LogP contribution in [-0.4, -0.2) is 43.5 Å². The van der Waals surface area contributed by atoms with Gasteiger partial charge < -0.3 is 4.74 Å². The molecular weight excluding hydrogens is 310 g/mol. The third-order valence-corrected chi connectivity index (χ3v) is 4.44. The highest BCUT2D eigenvalue weighted by molar-refractivity contribution is 6.30. The van der Waals surface area contributed by atoms with E-state index in [1.807, 2.05) is 30.3 Å². The number of carbonyl (C=O) groups is 1. The predicted octanol–water partition coefficient (Wildman–Crippen LogP) is 3.64. The summed E-state index contributed by atoms with van der Waals surface area (Å²) >= 11 is 5.94. The highest BCUT2D eigenvalue weighted by Gasteiger charge is 2.25. The van der Waals surface area contributed by atoms with E-state index < -0.39 is 0 Å². The molecule has 3 rings (SSSR count). The fraction of sp³-hybridized carbons (Fsp3) is 0.316. The van der Waals surface area contributed by atoms with Crippen LogP contribution in [0, 0.1) is 0 Å². The standard InChI is InChI=1S/C19H20ClNO2/c20-17-8-6-16(7-9-17)19(22)18(15-4-2-1-3-5-15)14-21-10-12-23-13-11-21/h1-9,18H,10-14H2/t18-/m1/s1. The van der Waals surface area contributed by atoms with Gasteiger partial charge in [-0.3, -0.25) is 9.69 Å². The third kappa shape index (κ3) is 4.20. The van der Waals surface area contributed by atoms with Crippen LogP contribution in [-0.2, 0) is 4.74 Å². The molecule has 0 N–H and O–H groups in total. The Bertz CT molecular complexity index is 636. The van der Waals surface area contributed by atoms with Crippen LogP contribution in [0.5, 0.6) is 0 Å². The molecule has 1 aliphatic rings. The Morgan fingerprint density at radius 1 is 1.04 bits per heavy atom. The molecule has 0 saturated carbocycles. The van der Waals surface area contributed by atoms with Crippen LogP contribution in [0.2, 0.25) is 5.02 Å². The maximum absolute atomic E-state index is 13.0. The number of halogens is 1. The second kappa shape index (κ2) is 7.73. The van der Waals surface area contributed by atoms with E-state index in [1.54, 1.807) is 24.3 Å². The topological polar surface area (TPSA) is 29.5 Å². The van der Waals surface area contributed by atoms with Gasteiger partial charge in [0.25, 0.3) is 0 Å². The van der Waals surface area contributed by atoms with Gasteiger partial charge in [0.1, 0.15) is 0 Å². The average molecular weight is 330 g/mol. The molecule has 0 unspecified atom stereocenters. The van der Waals surface area contributed by atoms with Gasteiger partial charge in [0, 0.05) is 30.2 Å². The summed E-state index contributed by atoms with van der Waals surface area (Å²) in [7, 11) is 0. The number of carbonyl (C=O) groups excluding carboxylic acids is 1. The van der Waals surface area contributed by atoms with Gasteiger partial charge >= 0.3 is 0 Å². The number of ketones is 1. The number of Topliss-reactive ketones (excluding diaryl/α,β-unsaturated/α-hetero) is 1. The largest absolute Gasteiger partial charge is 0.379 e. The molecular formula is C19H20ClNO2. The van der Waals surface area contributed by atoms with Gasteiger partial charge in [0.15, 0.2) is 5.78 Å². The Labute approximate surface area is 141 Å². The lowest BCUT2D eigenvalue weighted by molar-refractivity contribution is 0.0345. The lowest BCUT2D eigenvalue weighted by Crippen LogP contribution is -2.40. The number of hydrogen-bond donors (Lipinski definition) is 0. The van der Waals surface area contributed by atoms with Crippen LogP contribution >= 0.6 is 11.6 Å². The number of morpholine rings is 1. The molecule has 23 heavy (non-hydrogen) atoms. The minimum Gasteiger partial charge on any atom is -0.379 e. The number of rotatable bonds is 5. The minimum absolute atomic E-state index is 0.138. The van der Waals surface area contributed by atoms with Gasteiger partial charge in [-0.2, -0.15) is 0 Å². The van der Waals surface area contributed by atoms with Crippen molar-refractivity contribution in [2.75, 3.05) is 32.8 Å². The van der Waals surface area contributed by atoms with Crippen LogP contribution < -0.4 is 0 Å². The summed E-state index contributed by atoms with van der Waals surface area (Å²) in [6, 6.07) is 17.1. The Balaban J connectivity index is 1.84. The van der Waals surface area contributed by atoms with Crippen molar-refractivity contribution in [1.82, 2.24) is 4.90 Å². The van der Waals surface area contributed by atoms with E-state index in [0.717, 1.165) is 38.4 Å². The van der Waals surface area contributed by atoms with Gasteiger partial charge in [-0.05, 0) is 29.8 Å². The summed E-state index contributed by atoms with van der Waals surface area (Å²) in [5.41, 5.74) is 1.76. The van der Waals surface area contributed by atoms with Crippen molar-refractivity contribution in [3.05, 3.63) is 70.7 Å². The summed E-state index contributed by atoms with van der Waals surface area (Å²) in [4.78, 5) is 15.3.